The van der Waals surface area contributed by atoms with Gasteiger partial charge in [0, 0.05) is 28.8 Å². The van der Waals surface area contributed by atoms with Crippen LogP contribution in [0.15, 0.2) is 60.8 Å². The number of aromatic nitrogens is 1. The van der Waals surface area contributed by atoms with E-state index >= 15 is 0 Å². The molecule has 2 N–H and O–H groups in total. The minimum absolute atomic E-state index is 0.0644. The number of H-pyrrole nitrogens is 1. The molecule has 0 radical (unpaired) electrons. The SMILES string of the molecule is O=C(Nc1ccc2ccc[nH+]c2c1)c1ccc(C2CCCCC2)cc1. The van der Waals surface area contributed by atoms with Gasteiger partial charge in [-0.05, 0) is 54.7 Å². The second-order valence-corrected chi connectivity index (χ2v) is 6.88. The Morgan fingerprint density at radius 2 is 1.76 bits per heavy atom. The summed E-state index contributed by atoms with van der Waals surface area (Å²) >= 11 is 0. The van der Waals surface area contributed by atoms with Gasteiger partial charge in [-0.3, -0.25) is 4.79 Å². The lowest BCUT2D eigenvalue weighted by molar-refractivity contribution is -0.344. The second-order valence-electron chi connectivity index (χ2n) is 6.88. The molecule has 1 heterocycles. The zero-order chi connectivity index (χ0) is 17.1. The van der Waals surface area contributed by atoms with E-state index in [2.05, 4.69) is 22.4 Å². The predicted octanol–water partition coefficient (Wildman–Crippen LogP) is 4.95. The fraction of sp³-hybridized carbons (Fsp3) is 0.273. The molecule has 1 amide bonds. The molecule has 2 aromatic carbocycles. The number of rotatable bonds is 3. The van der Waals surface area contributed by atoms with Crippen LogP contribution in [0.25, 0.3) is 10.9 Å². The van der Waals surface area contributed by atoms with Gasteiger partial charge in [0.2, 0.25) is 5.52 Å². The Labute approximate surface area is 148 Å². The van der Waals surface area contributed by atoms with Crippen molar-refractivity contribution in [2.24, 2.45) is 0 Å². The number of aromatic amines is 1. The second kappa shape index (κ2) is 7.06. The molecule has 0 spiro atoms. The van der Waals surface area contributed by atoms with E-state index in [-0.39, 0.29) is 5.91 Å². The van der Waals surface area contributed by atoms with Gasteiger partial charge in [-0.15, -0.1) is 0 Å². The fourth-order valence-corrected chi connectivity index (χ4v) is 3.74. The van der Waals surface area contributed by atoms with Crippen LogP contribution in [0.2, 0.25) is 0 Å². The molecule has 1 fully saturated rings. The number of fused-ring (bicyclic) bond motifs is 1. The number of pyridine rings is 1. The highest BCUT2D eigenvalue weighted by Gasteiger charge is 2.16. The predicted molar refractivity (Wildman–Crippen MR) is 101 cm³/mol. The lowest BCUT2D eigenvalue weighted by Gasteiger charge is -2.22. The first kappa shape index (κ1) is 15.8. The highest BCUT2D eigenvalue weighted by atomic mass is 16.1. The number of carbonyl (C=O) groups is 1. The molecule has 3 heteroatoms. The summed E-state index contributed by atoms with van der Waals surface area (Å²) in [4.78, 5) is 15.7. The van der Waals surface area contributed by atoms with Gasteiger partial charge in [0.25, 0.3) is 5.91 Å². The summed E-state index contributed by atoms with van der Waals surface area (Å²) in [6.07, 6.45) is 8.45. The van der Waals surface area contributed by atoms with Crippen LogP contribution in [0.5, 0.6) is 0 Å². The molecule has 4 rings (SSSR count). The first-order valence-corrected chi connectivity index (χ1v) is 9.11. The Hall–Kier alpha value is -2.68. The van der Waals surface area contributed by atoms with Crippen molar-refractivity contribution in [1.29, 1.82) is 0 Å². The molecule has 3 nitrogen and oxygen atoms in total. The van der Waals surface area contributed by atoms with Crippen molar-refractivity contribution in [1.82, 2.24) is 0 Å². The number of nitrogens with one attached hydrogen (secondary N) is 2. The summed E-state index contributed by atoms with van der Waals surface area (Å²) in [5.41, 5.74) is 3.89. The van der Waals surface area contributed by atoms with Crippen LogP contribution >= 0.6 is 0 Å². The van der Waals surface area contributed by atoms with Crippen molar-refractivity contribution in [3.05, 3.63) is 71.9 Å². The molecule has 0 bridgehead atoms. The molecule has 0 aliphatic heterocycles. The third-order valence-corrected chi connectivity index (χ3v) is 5.17. The van der Waals surface area contributed by atoms with Crippen LogP contribution in [0.1, 0.15) is 53.9 Å². The van der Waals surface area contributed by atoms with Crippen molar-refractivity contribution in [3.63, 3.8) is 0 Å². The van der Waals surface area contributed by atoms with E-state index in [0.717, 1.165) is 16.6 Å². The van der Waals surface area contributed by atoms with Crippen molar-refractivity contribution < 1.29 is 9.78 Å². The van der Waals surface area contributed by atoms with E-state index in [4.69, 9.17) is 0 Å². The summed E-state index contributed by atoms with van der Waals surface area (Å²) in [6, 6.07) is 18.1. The van der Waals surface area contributed by atoms with Gasteiger partial charge >= 0.3 is 0 Å². The van der Waals surface area contributed by atoms with Crippen LogP contribution in [-0.4, -0.2) is 5.91 Å². The third-order valence-electron chi connectivity index (χ3n) is 5.17. The smallest absolute Gasteiger partial charge is 0.255 e. The van der Waals surface area contributed by atoms with Gasteiger partial charge in [-0.25, -0.2) is 4.98 Å². The van der Waals surface area contributed by atoms with Crippen molar-refractivity contribution in [3.8, 4) is 0 Å². The number of benzene rings is 2. The van der Waals surface area contributed by atoms with Crippen LogP contribution in [0.3, 0.4) is 0 Å². The van der Waals surface area contributed by atoms with Gasteiger partial charge in [0.1, 0.15) is 0 Å². The maximum atomic E-state index is 12.5. The van der Waals surface area contributed by atoms with Crippen LogP contribution in [-0.2, 0) is 0 Å². The van der Waals surface area contributed by atoms with E-state index < -0.39 is 0 Å². The average Bonchev–Trinajstić information content (AvgIpc) is 2.69. The molecule has 1 aromatic heterocycles. The maximum Gasteiger partial charge on any atom is 0.255 e. The summed E-state index contributed by atoms with van der Waals surface area (Å²) in [5.74, 6) is 0.604. The first-order valence-electron chi connectivity index (χ1n) is 9.11. The van der Waals surface area contributed by atoms with Crippen molar-refractivity contribution >= 4 is 22.5 Å². The van der Waals surface area contributed by atoms with E-state index in [9.17, 15) is 4.79 Å². The zero-order valence-corrected chi connectivity index (χ0v) is 14.3. The number of hydrogen-bond donors (Lipinski definition) is 1. The van der Waals surface area contributed by atoms with Gasteiger partial charge in [0.15, 0.2) is 6.20 Å². The summed E-state index contributed by atoms with van der Waals surface area (Å²) in [6.45, 7) is 0. The minimum Gasteiger partial charge on any atom is -0.322 e. The highest BCUT2D eigenvalue weighted by molar-refractivity contribution is 6.04. The van der Waals surface area contributed by atoms with Crippen LogP contribution in [0, 0.1) is 0 Å². The van der Waals surface area contributed by atoms with Crippen LogP contribution < -0.4 is 10.3 Å². The van der Waals surface area contributed by atoms with Gasteiger partial charge in [-0.1, -0.05) is 31.4 Å². The maximum absolute atomic E-state index is 12.5. The average molecular weight is 331 g/mol. The topological polar surface area (TPSA) is 43.2 Å². The molecule has 1 saturated carbocycles. The summed E-state index contributed by atoms with van der Waals surface area (Å²) in [7, 11) is 0. The van der Waals surface area contributed by atoms with Crippen molar-refractivity contribution in [2.45, 2.75) is 38.0 Å². The molecule has 25 heavy (non-hydrogen) atoms. The lowest BCUT2D eigenvalue weighted by atomic mass is 9.84. The summed E-state index contributed by atoms with van der Waals surface area (Å²) < 4.78 is 0. The highest BCUT2D eigenvalue weighted by Crippen LogP contribution is 2.32. The van der Waals surface area contributed by atoms with E-state index in [0.29, 0.717) is 11.5 Å². The van der Waals surface area contributed by atoms with Gasteiger partial charge in [0.05, 0.1) is 0 Å². The molecule has 126 valence electrons. The standard InChI is InChI=1S/C22H22N2O/c25-22(24-20-13-12-18-7-4-14-23-21(18)15-20)19-10-8-17(9-11-19)16-5-2-1-3-6-16/h4,7-16H,1-3,5-6H2,(H,24,25)/p+1. The Morgan fingerprint density at radius 1 is 0.960 bits per heavy atom. The van der Waals surface area contributed by atoms with E-state index in [1.54, 1.807) is 0 Å². The largest absolute Gasteiger partial charge is 0.322 e. The normalized spacial score (nSPS) is 15.2. The lowest BCUT2D eigenvalue weighted by Crippen LogP contribution is -2.13. The molecule has 1 aliphatic carbocycles. The third kappa shape index (κ3) is 3.55. The number of hydrogen-bond acceptors (Lipinski definition) is 1. The first-order chi connectivity index (χ1) is 12.3. The monoisotopic (exact) mass is 331 g/mol. The van der Waals surface area contributed by atoms with Gasteiger partial charge < -0.3 is 5.32 Å². The molecule has 0 unspecified atom stereocenters. The van der Waals surface area contributed by atoms with E-state index in [1.807, 2.05) is 48.7 Å². The number of anilines is 1. The van der Waals surface area contributed by atoms with Gasteiger partial charge in [-0.2, -0.15) is 0 Å². The quantitative estimate of drug-likeness (QED) is 0.724. The van der Waals surface area contributed by atoms with Crippen LogP contribution in [0.4, 0.5) is 5.69 Å². The Morgan fingerprint density at radius 3 is 2.56 bits per heavy atom. The molecule has 1 aliphatic rings. The zero-order valence-electron chi connectivity index (χ0n) is 14.3. The number of carbonyl (C=O) groups excluding carboxylic acids is 1. The fourth-order valence-electron chi connectivity index (χ4n) is 3.74. The molecule has 3 aromatic rings. The Kier molecular flexibility index (Phi) is 4.47. The Bertz CT molecular complexity index is 880. The molecular weight excluding hydrogens is 308 g/mol. The Balaban J connectivity index is 1.48. The molecule has 0 atom stereocenters. The molecular formula is C22H23N2O+. The molecule has 0 saturated heterocycles. The van der Waals surface area contributed by atoms with Crippen molar-refractivity contribution in [2.75, 3.05) is 5.32 Å². The summed E-state index contributed by atoms with van der Waals surface area (Å²) in [5, 5.41) is 4.11. The number of amides is 1. The van der Waals surface area contributed by atoms with E-state index in [1.165, 1.54) is 37.7 Å². The minimum atomic E-state index is -0.0644.